The quantitative estimate of drug-likeness (QED) is 0.675. The topological polar surface area (TPSA) is 67.4 Å². The van der Waals surface area contributed by atoms with Crippen LogP contribution in [0.5, 0.6) is 0 Å². The van der Waals surface area contributed by atoms with E-state index in [1.165, 1.54) is 12.1 Å². The van der Waals surface area contributed by atoms with E-state index in [9.17, 15) is 9.18 Å². The molecule has 1 atom stereocenters. The predicted molar refractivity (Wildman–Crippen MR) is 118 cm³/mol. The largest absolute Gasteiger partial charge is 0.321 e. The van der Waals surface area contributed by atoms with Gasteiger partial charge < -0.3 is 10.7 Å². The summed E-state index contributed by atoms with van der Waals surface area (Å²) in [7, 11) is 0. The predicted octanol–water partition coefficient (Wildman–Crippen LogP) is 3.05. The fraction of sp³-hybridized carbons (Fsp3) is 0.364. The van der Waals surface area contributed by atoms with E-state index in [-0.39, 0.29) is 17.4 Å². The van der Waals surface area contributed by atoms with Crippen molar-refractivity contribution >= 4 is 22.5 Å². The zero-order valence-electron chi connectivity index (χ0n) is 16.9. The van der Waals surface area contributed by atoms with Crippen LogP contribution in [0.4, 0.5) is 4.39 Å². The second-order valence-corrected chi connectivity index (χ2v) is 8.00. The fourth-order valence-electron chi connectivity index (χ4n) is 3.84. The number of halogens is 2. The van der Waals surface area contributed by atoms with Gasteiger partial charge in [0.25, 0.3) is 5.56 Å². The molecule has 0 aliphatic carbocycles. The summed E-state index contributed by atoms with van der Waals surface area (Å²) in [5, 5.41) is 2.81. The number of hydrogen-bond donors (Lipinski definition) is 1. The van der Waals surface area contributed by atoms with Crippen LogP contribution in [0.1, 0.15) is 30.8 Å². The molecule has 1 aliphatic rings. The minimum absolute atomic E-state index is 0.184. The molecule has 30 heavy (non-hydrogen) atoms. The molecule has 4 rings (SSSR count). The van der Waals surface area contributed by atoms with Crippen LogP contribution in [0.3, 0.4) is 0 Å². The summed E-state index contributed by atoms with van der Waals surface area (Å²) in [4.78, 5) is 20.4. The van der Waals surface area contributed by atoms with Gasteiger partial charge in [-0.05, 0) is 36.2 Å². The molecule has 2 N–H and O–H groups in total. The SMILES string of the molecule is CC[C@H](N)c1nc2cccc(Cl)c2c(=O)n1N1CCN(Cc2ccc(F)cc2)CC1. The first-order valence-corrected chi connectivity index (χ1v) is 10.5. The third-order valence-electron chi connectivity index (χ3n) is 5.57. The molecule has 0 radical (unpaired) electrons. The third-order valence-corrected chi connectivity index (χ3v) is 5.89. The number of nitrogens with two attached hydrogens (primary N) is 1. The number of hydrogen-bond acceptors (Lipinski definition) is 5. The molecule has 2 heterocycles. The standard InChI is InChI=1S/C22H25ClFN5O/c1-2-18(25)21-26-19-5-3-4-17(23)20(19)22(30)29(21)28-12-10-27(11-13-28)14-15-6-8-16(24)9-7-15/h3-9,18H,2,10-14,25H2,1H3/t18-/m0/s1. The lowest BCUT2D eigenvalue weighted by Gasteiger charge is -2.38. The zero-order valence-corrected chi connectivity index (χ0v) is 17.6. The van der Waals surface area contributed by atoms with Gasteiger partial charge in [0.1, 0.15) is 11.6 Å². The lowest BCUT2D eigenvalue weighted by Crippen LogP contribution is -2.55. The average Bonchev–Trinajstić information content (AvgIpc) is 2.75. The molecule has 1 aliphatic heterocycles. The molecule has 3 aromatic rings. The Morgan fingerprint density at radius 3 is 2.50 bits per heavy atom. The van der Waals surface area contributed by atoms with Crippen molar-refractivity contribution in [1.82, 2.24) is 14.6 Å². The second-order valence-electron chi connectivity index (χ2n) is 7.59. The van der Waals surface area contributed by atoms with Gasteiger partial charge in [0.05, 0.1) is 22.0 Å². The van der Waals surface area contributed by atoms with Crippen molar-refractivity contribution < 1.29 is 4.39 Å². The molecule has 6 nitrogen and oxygen atoms in total. The van der Waals surface area contributed by atoms with E-state index in [4.69, 9.17) is 22.3 Å². The van der Waals surface area contributed by atoms with Gasteiger partial charge in [-0.3, -0.25) is 9.69 Å². The Hall–Kier alpha value is -2.48. The first-order valence-electron chi connectivity index (χ1n) is 10.2. The van der Waals surface area contributed by atoms with Gasteiger partial charge >= 0.3 is 0 Å². The Kier molecular flexibility index (Phi) is 6.04. The van der Waals surface area contributed by atoms with Gasteiger partial charge in [0, 0.05) is 32.7 Å². The Balaban J connectivity index is 1.61. The lowest BCUT2D eigenvalue weighted by molar-refractivity contribution is 0.229. The summed E-state index contributed by atoms with van der Waals surface area (Å²) in [6.07, 6.45) is 0.670. The number of nitrogens with zero attached hydrogens (tertiary/aromatic N) is 4. The minimum Gasteiger partial charge on any atom is -0.321 e. The molecule has 0 spiro atoms. The molecule has 158 valence electrons. The summed E-state index contributed by atoms with van der Waals surface area (Å²) in [6, 6.07) is 11.5. The van der Waals surface area contributed by atoms with E-state index in [0.717, 1.165) is 25.2 Å². The van der Waals surface area contributed by atoms with Gasteiger partial charge in [-0.2, -0.15) is 0 Å². The van der Waals surface area contributed by atoms with Crippen molar-refractivity contribution in [2.45, 2.75) is 25.9 Å². The van der Waals surface area contributed by atoms with Gasteiger partial charge in [0.2, 0.25) is 0 Å². The van der Waals surface area contributed by atoms with E-state index in [1.54, 1.807) is 35.0 Å². The van der Waals surface area contributed by atoms with E-state index in [1.807, 2.05) is 11.9 Å². The molecule has 2 aromatic carbocycles. The molecule has 0 amide bonds. The van der Waals surface area contributed by atoms with Crippen molar-refractivity contribution in [3.8, 4) is 0 Å². The molecule has 8 heteroatoms. The van der Waals surface area contributed by atoms with Gasteiger partial charge in [0.15, 0.2) is 0 Å². The Bertz CT molecular complexity index is 1090. The summed E-state index contributed by atoms with van der Waals surface area (Å²) in [5.41, 5.74) is 7.77. The maximum atomic E-state index is 13.4. The van der Waals surface area contributed by atoms with Crippen LogP contribution in [0.25, 0.3) is 10.9 Å². The van der Waals surface area contributed by atoms with Crippen LogP contribution in [0.15, 0.2) is 47.3 Å². The average molecular weight is 430 g/mol. The summed E-state index contributed by atoms with van der Waals surface area (Å²) >= 11 is 6.33. The number of piperazine rings is 1. The van der Waals surface area contributed by atoms with Crippen molar-refractivity contribution in [2.75, 3.05) is 31.2 Å². The molecule has 0 bridgehead atoms. The lowest BCUT2D eigenvalue weighted by atomic mass is 10.2. The van der Waals surface area contributed by atoms with E-state index < -0.39 is 0 Å². The Morgan fingerprint density at radius 1 is 1.13 bits per heavy atom. The maximum absolute atomic E-state index is 13.4. The fourth-order valence-corrected chi connectivity index (χ4v) is 4.09. The number of aromatic nitrogens is 2. The van der Waals surface area contributed by atoms with Gasteiger partial charge in [-0.25, -0.2) is 14.1 Å². The molecule has 1 fully saturated rings. The van der Waals surface area contributed by atoms with Gasteiger partial charge in [-0.1, -0.05) is 36.7 Å². The van der Waals surface area contributed by atoms with E-state index in [0.29, 0.717) is 41.3 Å². The minimum atomic E-state index is -0.349. The normalized spacial score (nSPS) is 16.2. The highest BCUT2D eigenvalue weighted by Gasteiger charge is 2.24. The Labute approximate surface area is 179 Å². The van der Waals surface area contributed by atoms with E-state index >= 15 is 0 Å². The van der Waals surface area contributed by atoms with Crippen molar-refractivity contribution in [1.29, 1.82) is 0 Å². The number of benzene rings is 2. The van der Waals surface area contributed by atoms with E-state index in [2.05, 4.69) is 4.90 Å². The van der Waals surface area contributed by atoms with Crippen molar-refractivity contribution in [3.63, 3.8) is 0 Å². The van der Waals surface area contributed by atoms with Crippen LogP contribution in [0, 0.1) is 5.82 Å². The smallest absolute Gasteiger partial charge is 0.281 e. The van der Waals surface area contributed by atoms with Crippen LogP contribution in [-0.2, 0) is 6.54 Å². The van der Waals surface area contributed by atoms with Crippen LogP contribution < -0.4 is 16.3 Å². The number of rotatable bonds is 5. The molecule has 1 aromatic heterocycles. The summed E-state index contributed by atoms with van der Waals surface area (Å²) < 4.78 is 14.8. The van der Waals surface area contributed by atoms with Crippen molar-refractivity contribution in [2.24, 2.45) is 5.73 Å². The zero-order chi connectivity index (χ0) is 21.3. The van der Waals surface area contributed by atoms with Crippen LogP contribution in [0.2, 0.25) is 5.02 Å². The summed E-state index contributed by atoms with van der Waals surface area (Å²) in [6.45, 7) is 5.57. The molecule has 1 saturated heterocycles. The molecular formula is C22H25ClFN5O. The van der Waals surface area contributed by atoms with Crippen LogP contribution >= 0.6 is 11.6 Å². The van der Waals surface area contributed by atoms with Crippen LogP contribution in [-0.4, -0.2) is 40.7 Å². The van der Waals surface area contributed by atoms with Gasteiger partial charge in [-0.15, -0.1) is 0 Å². The number of fused-ring (bicyclic) bond motifs is 1. The molecular weight excluding hydrogens is 405 g/mol. The highest BCUT2D eigenvalue weighted by atomic mass is 35.5. The van der Waals surface area contributed by atoms with Crippen molar-refractivity contribution in [3.05, 3.63) is 75.0 Å². The molecule has 0 saturated carbocycles. The monoisotopic (exact) mass is 429 g/mol. The summed E-state index contributed by atoms with van der Waals surface area (Å²) in [5.74, 6) is 0.328. The highest BCUT2D eigenvalue weighted by molar-refractivity contribution is 6.35. The maximum Gasteiger partial charge on any atom is 0.281 e. The Morgan fingerprint density at radius 2 is 1.83 bits per heavy atom. The molecule has 0 unspecified atom stereocenters. The first-order chi connectivity index (χ1) is 14.5. The second kappa shape index (κ2) is 8.71. The highest BCUT2D eigenvalue weighted by Crippen LogP contribution is 2.21. The first kappa shape index (κ1) is 20.8. The third kappa shape index (κ3) is 4.05.